The summed E-state index contributed by atoms with van der Waals surface area (Å²) in [5.74, 6) is 0.0846. The average molecular weight is 246 g/mol. The molecule has 1 aliphatic carbocycles. The molecule has 3 nitrogen and oxygen atoms in total. The van der Waals surface area contributed by atoms with Crippen LogP contribution in [0.1, 0.15) is 26.2 Å². The van der Waals surface area contributed by atoms with Crippen LogP contribution in [0.15, 0.2) is 36.0 Å². The summed E-state index contributed by atoms with van der Waals surface area (Å²) in [5.41, 5.74) is 1.40. The molecule has 1 saturated heterocycles. The van der Waals surface area contributed by atoms with Crippen LogP contribution in [0.25, 0.3) is 0 Å². The lowest BCUT2D eigenvalue weighted by atomic mass is 10.1. The summed E-state index contributed by atoms with van der Waals surface area (Å²) < 4.78 is 0. The van der Waals surface area contributed by atoms with Crippen molar-refractivity contribution in [2.75, 3.05) is 19.6 Å². The van der Waals surface area contributed by atoms with Gasteiger partial charge in [-0.15, -0.1) is 0 Å². The van der Waals surface area contributed by atoms with E-state index in [9.17, 15) is 4.79 Å². The van der Waals surface area contributed by atoms with Crippen LogP contribution < -0.4 is 5.32 Å². The van der Waals surface area contributed by atoms with E-state index in [2.05, 4.69) is 40.6 Å². The first-order chi connectivity index (χ1) is 8.74. The number of nitrogens with one attached hydrogen (secondary N) is 1. The van der Waals surface area contributed by atoms with E-state index in [0.717, 1.165) is 38.9 Å². The van der Waals surface area contributed by atoms with Crippen molar-refractivity contribution in [3.05, 3.63) is 36.0 Å². The molecule has 2 aliphatic rings. The Kier molecular flexibility index (Phi) is 4.76. The summed E-state index contributed by atoms with van der Waals surface area (Å²) >= 11 is 0. The van der Waals surface area contributed by atoms with Crippen LogP contribution in [0.3, 0.4) is 0 Å². The Morgan fingerprint density at radius 2 is 2.39 bits per heavy atom. The van der Waals surface area contributed by atoms with Crippen LogP contribution in [-0.2, 0) is 4.79 Å². The molecule has 0 aromatic rings. The van der Waals surface area contributed by atoms with E-state index >= 15 is 0 Å². The molecule has 3 heteroatoms. The highest BCUT2D eigenvalue weighted by Crippen LogP contribution is 2.14. The van der Waals surface area contributed by atoms with Crippen LogP contribution in [0.5, 0.6) is 0 Å². The normalized spacial score (nSPS) is 23.8. The molecule has 0 bridgehead atoms. The lowest BCUT2D eigenvalue weighted by molar-refractivity contribution is -0.119. The van der Waals surface area contributed by atoms with Gasteiger partial charge in [-0.05, 0) is 24.8 Å². The maximum atomic E-state index is 11.0. The fourth-order valence-electron chi connectivity index (χ4n) is 2.52. The first kappa shape index (κ1) is 13.1. The summed E-state index contributed by atoms with van der Waals surface area (Å²) in [6, 6.07) is 0.348. The van der Waals surface area contributed by atoms with E-state index in [4.69, 9.17) is 0 Å². The number of amides is 1. The quantitative estimate of drug-likeness (QED) is 0.823. The van der Waals surface area contributed by atoms with Crippen LogP contribution >= 0.6 is 0 Å². The Bertz CT molecular complexity index is 382. The fraction of sp³-hybridized carbons (Fsp3) is 0.533. The van der Waals surface area contributed by atoms with Gasteiger partial charge >= 0.3 is 0 Å². The molecular weight excluding hydrogens is 224 g/mol. The van der Waals surface area contributed by atoms with E-state index < -0.39 is 0 Å². The van der Waals surface area contributed by atoms with E-state index in [1.54, 1.807) is 6.92 Å². The molecule has 1 aliphatic heterocycles. The minimum atomic E-state index is 0.0846. The molecule has 1 amide bonds. The number of nitrogens with zero attached hydrogens (tertiary/aromatic N) is 1. The zero-order chi connectivity index (χ0) is 12.8. The molecule has 0 saturated carbocycles. The highest BCUT2D eigenvalue weighted by Gasteiger charge is 2.22. The van der Waals surface area contributed by atoms with Crippen molar-refractivity contribution in [3.8, 4) is 0 Å². The molecule has 1 atom stereocenters. The van der Waals surface area contributed by atoms with Crippen molar-refractivity contribution in [3.63, 3.8) is 0 Å². The molecular formula is C15H22N2O. The maximum Gasteiger partial charge on any atom is 0.217 e. The summed E-state index contributed by atoms with van der Waals surface area (Å²) in [6.07, 6.45) is 14.1. The Hall–Kier alpha value is -1.35. The van der Waals surface area contributed by atoms with Crippen molar-refractivity contribution < 1.29 is 4.79 Å². The highest BCUT2D eigenvalue weighted by molar-refractivity contribution is 5.73. The maximum absolute atomic E-state index is 11.0. The van der Waals surface area contributed by atoms with Gasteiger partial charge in [-0.2, -0.15) is 0 Å². The Balaban J connectivity index is 1.73. The molecule has 0 spiro atoms. The van der Waals surface area contributed by atoms with Gasteiger partial charge in [0.05, 0.1) is 0 Å². The zero-order valence-electron chi connectivity index (χ0n) is 11.1. The summed E-state index contributed by atoms with van der Waals surface area (Å²) in [6.45, 7) is 4.76. The van der Waals surface area contributed by atoms with Crippen molar-refractivity contribution in [2.24, 2.45) is 0 Å². The van der Waals surface area contributed by atoms with E-state index in [1.165, 1.54) is 5.57 Å². The highest BCUT2D eigenvalue weighted by atomic mass is 16.1. The number of hydrogen-bond donors (Lipinski definition) is 1. The lowest BCUT2D eigenvalue weighted by Gasteiger charge is -2.16. The summed E-state index contributed by atoms with van der Waals surface area (Å²) in [4.78, 5) is 13.4. The molecule has 2 rings (SSSR count). The first-order valence-corrected chi connectivity index (χ1v) is 6.76. The minimum absolute atomic E-state index is 0.0846. The topological polar surface area (TPSA) is 32.3 Å². The SMILES string of the molecule is CC(=O)NC1CCN(CCC2=CC=CCC=C2)C1. The molecule has 0 aromatic carbocycles. The molecule has 1 heterocycles. The molecule has 18 heavy (non-hydrogen) atoms. The van der Waals surface area contributed by atoms with Gasteiger partial charge in [0.2, 0.25) is 5.91 Å². The van der Waals surface area contributed by atoms with Crippen LogP contribution in [0, 0.1) is 0 Å². The van der Waals surface area contributed by atoms with Gasteiger partial charge in [-0.1, -0.05) is 30.4 Å². The number of allylic oxidation sites excluding steroid dienone is 5. The predicted octanol–water partition coefficient (Wildman–Crippen LogP) is 2.03. The van der Waals surface area contributed by atoms with Crippen molar-refractivity contribution in [1.29, 1.82) is 0 Å². The fourth-order valence-corrected chi connectivity index (χ4v) is 2.52. The number of carbonyl (C=O) groups is 1. The summed E-state index contributed by atoms with van der Waals surface area (Å²) in [7, 11) is 0. The Labute approximate surface area is 109 Å². The van der Waals surface area contributed by atoms with Crippen LogP contribution in [0.2, 0.25) is 0 Å². The molecule has 1 N–H and O–H groups in total. The second kappa shape index (κ2) is 6.55. The molecule has 98 valence electrons. The first-order valence-electron chi connectivity index (χ1n) is 6.76. The molecule has 1 fully saturated rings. The lowest BCUT2D eigenvalue weighted by Crippen LogP contribution is -2.35. The van der Waals surface area contributed by atoms with Gasteiger partial charge in [0.25, 0.3) is 0 Å². The van der Waals surface area contributed by atoms with E-state index in [-0.39, 0.29) is 5.91 Å². The Morgan fingerprint density at radius 3 is 3.22 bits per heavy atom. The predicted molar refractivity (Wildman–Crippen MR) is 74.3 cm³/mol. The molecule has 0 aromatic heterocycles. The van der Waals surface area contributed by atoms with Gasteiger partial charge in [0, 0.05) is 32.6 Å². The zero-order valence-corrected chi connectivity index (χ0v) is 11.1. The second-order valence-corrected chi connectivity index (χ2v) is 5.04. The third-order valence-electron chi connectivity index (χ3n) is 3.45. The third-order valence-corrected chi connectivity index (χ3v) is 3.45. The van der Waals surface area contributed by atoms with Crippen molar-refractivity contribution in [1.82, 2.24) is 10.2 Å². The van der Waals surface area contributed by atoms with Gasteiger partial charge in [-0.3, -0.25) is 4.79 Å². The van der Waals surface area contributed by atoms with Gasteiger partial charge in [-0.25, -0.2) is 0 Å². The Morgan fingerprint density at radius 1 is 1.50 bits per heavy atom. The van der Waals surface area contributed by atoms with Crippen molar-refractivity contribution in [2.45, 2.75) is 32.2 Å². The molecule has 1 unspecified atom stereocenters. The van der Waals surface area contributed by atoms with Gasteiger partial charge in [0.15, 0.2) is 0 Å². The number of carbonyl (C=O) groups excluding carboxylic acids is 1. The smallest absolute Gasteiger partial charge is 0.217 e. The largest absolute Gasteiger partial charge is 0.352 e. The monoisotopic (exact) mass is 246 g/mol. The minimum Gasteiger partial charge on any atom is -0.352 e. The van der Waals surface area contributed by atoms with Crippen LogP contribution in [0.4, 0.5) is 0 Å². The number of hydrogen-bond acceptors (Lipinski definition) is 2. The third kappa shape index (κ3) is 4.15. The second-order valence-electron chi connectivity index (χ2n) is 5.04. The standard InChI is InChI=1S/C15H22N2O/c1-13(18)16-15-9-11-17(12-15)10-8-14-6-4-2-3-5-7-14/h2,4-7,15H,3,8-12H2,1H3,(H,16,18). The van der Waals surface area contributed by atoms with Crippen molar-refractivity contribution >= 4 is 5.91 Å². The molecule has 0 radical (unpaired) electrons. The van der Waals surface area contributed by atoms with E-state index in [1.807, 2.05) is 0 Å². The number of rotatable bonds is 4. The number of likely N-dealkylation sites (tertiary alicyclic amines) is 1. The van der Waals surface area contributed by atoms with E-state index in [0.29, 0.717) is 6.04 Å². The van der Waals surface area contributed by atoms with Gasteiger partial charge in [0.1, 0.15) is 0 Å². The van der Waals surface area contributed by atoms with Gasteiger partial charge < -0.3 is 10.2 Å². The van der Waals surface area contributed by atoms with Crippen LogP contribution in [-0.4, -0.2) is 36.5 Å². The average Bonchev–Trinajstić information content (AvgIpc) is 2.61. The summed E-state index contributed by atoms with van der Waals surface area (Å²) in [5, 5.41) is 3.00.